The van der Waals surface area contributed by atoms with E-state index < -0.39 is 6.10 Å². The smallest absolute Gasteiger partial charge is 0.0800 e. The van der Waals surface area contributed by atoms with Crippen molar-refractivity contribution >= 4 is 10.9 Å². The van der Waals surface area contributed by atoms with Gasteiger partial charge in [-0.25, -0.2) is 0 Å². The van der Waals surface area contributed by atoms with Crippen molar-refractivity contribution in [1.82, 2.24) is 4.98 Å². The molecule has 0 saturated heterocycles. The predicted octanol–water partition coefficient (Wildman–Crippen LogP) is 3.90. The monoisotopic (exact) mass is 263 g/mol. The number of fused-ring (bicyclic) bond motifs is 1. The number of para-hydroxylation sites is 1. The van der Waals surface area contributed by atoms with Crippen LogP contribution in [0.2, 0.25) is 0 Å². The average Bonchev–Trinajstić information content (AvgIpc) is 2.53. The number of aromatic nitrogens is 1. The number of nitrogens with zero attached hydrogens (tertiary/aromatic N) is 1. The van der Waals surface area contributed by atoms with Crippen LogP contribution in [0.3, 0.4) is 0 Å². The van der Waals surface area contributed by atoms with Gasteiger partial charge in [0, 0.05) is 11.6 Å². The van der Waals surface area contributed by atoms with Crippen molar-refractivity contribution in [3.63, 3.8) is 0 Å². The molecule has 2 heteroatoms. The normalized spacial score (nSPS) is 12.4. The molecule has 100 valence electrons. The lowest BCUT2D eigenvalue weighted by Crippen LogP contribution is -2.01. The van der Waals surface area contributed by atoms with Gasteiger partial charge in [0.25, 0.3) is 0 Å². The number of hydrogen-bond donors (Lipinski definition) is 1. The summed E-state index contributed by atoms with van der Waals surface area (Å²) < 4.78 is 0. The number of aliphatic hydroxyl groups excluding tert-OH is 1. The van der Waals surface area contributed by atoms with Crippen LogP contribution in [0.4, 0.5) is 0 Å². The first kappa shape index (κ1) is 12.8. The molecule has 1 heterocycles. The Hall–Kier alpha value is -2.19. The third-order valence-electron chi connectivity index (χ3n) is 3.59. The molecule has 0 bridgehead atoms. The van der Waals surface area contributed by atoms with E-state index in [1.165, 1.54) is 5.56 Å². The quantitative estimate of drug-likeness (QED) is 0.774. The Morgan fingerprint density at radius 1 is 0.900 bits per heavy atom. The molecule has 1 aromatic heterocycles. The zero-order chi connectivity index (χ0) is 13.8. The molecule has 0 aliphatic rings. The maximum Gasteiger partial charge on any atom is 0.0800 e. The van der Waals surface area contributed by atoms with E-state index in [1.54, 1.807) is 6.20 Å². The molecule has 0 saturated carbocycles. The van der Waals surface area contributed by atoms with Crippen molar-refractivity contribution in [3.05, 3.63) is 78.0 Å². The maximum absolute atomic E-state index is 10.5. The first-order valence-electron chi connectivity index (χ1n) is 6.90. The second-order valence-corrected chi connectivity index (χ2v) is 4.96. The lowest BCUT2D eigenvalue weighted by molar-refractivity contribution is 0.169. The van der Waals surface area contributed by atoms with Gasteiger partial charge in [-0.3, -0.25) is 4.98 Å². The summed E-state index contributed by atoms with van der Waals surface area (Å²) in [6, 6.07) is 20.1. The summed E-state index contributed by atoms with van der Waals surface area (Å²) in [7, 11) is 0. The molecule has 0 aliphatic carbocycles. The highest BCUT2D eigenvalue weighted by atomic mass is 16.3. The summed E-state index contributed by atoms with van der Waals surface area (Å²) in [6.07, 6.45) is 2.91. The van der Waals surface area contributed by atoms with Gasteiger partial charge in [-0.1, -0.05) is 48.5 Å². The summed E-state index contributed by atoms with van der Waals surface area (Å²) in [6.45, 7) is 0. The Bertz CT molecular complexity index is 689. The largest absolute Gasteiger partial charge is 0.388 e. The molecule has 0 radical (unpaired) electrons. The maximum atomic E-state index is 10.5. The van der Waals surface area contributed by atoms with Gasteiger partial charge in [-0.15, -0.1) is 0 Å². The molecular weight excluding hydrogens is 246 g/mol. The average molecular weight is 263 g/mol. The van der Waals surface area contributed by atoms with Crippen LogP contribution >= 0.6 is 0 Å². The van der Waals surface area contributed by atoms with E-state index >= 15 is 0 Å². The minimum atomic E-state index is -0.455. The molecule has 3 rings (SSSR count). The Labute approximate surface area is 118 Å². The highest BCUT2D eigenvalue weighted by Gasteiger charge is 2.11. The molecule has 1 atom stereocenters. The number of rotatable bonds is 4. The number of aliphatic hydroxyl groups is 1. The molecule has 0 fully saturated rings. The Kier molecular flexibility index (Phi) is 3.75. The molecule has 1 N–H and O–H groups in total. The van der Waals surface area contributed by atoms with Gasteiger partial charge in [-0.05, 0) is 36.1 Å². The van der Waals surface area contributed by atoms with Crippen LogP contribution in [0.15, 0.2) is 66.9 Å². The van der Waals surface area contributed by atoms with Gasteiger partial charge < -0.3 is 5.11 Å². The van der Waals surface area contributed by atoms with Crippen molar-refractivity contribution in [2.45, 2.75) is 18.9 Å². The first-order valence-corrected chi connectivity index (χ1v) is 6.90. The Morgan fingerprint density at radius 2 is 1.65 bits per heavy atom. The van der Waals surface area contributed by atoms with Crippen molar-refractivity contribution in [1.29, 1.82) is 0 Å². The van der Waals surface area contributed by atoms with Gasteiger partial charge >= 0.3 is 0 Å². The predicted molar refractivity (Wildman–Crippen MR) is 81.5 cm³/mol. The topological polar surface area (TPSA) is 33.1 Å². The minimum absolute atomic E-state index is 0.455. The molecule has 2 aromatic carbocycles. The molecule has 0 amide bonds. The third kappa shape index (κ3) is 2.70. The standard InChI is InChI=1S/C18H17NO/c20-18(11-10-14-6-2-1-3-7-14)16-12-13-19-17-9-5-4-8-15(16)17/h1-9,12-13,18,20H,10-11H2. The van der Waals surface area contributed by atoms with Crippen LogP contribution in [0.5, 0.6) is 0 Å². The fourth-order valence-corrected chi connectivity index (χ4v) is 2.51. The fraction of sp³-hybridized carbons (Fsp3) is 0.167. The van der Waals surface area contributed by atoms with Crippen LogP contribution < -0.4 is 0 Å². The number of aryl methyl sites for hydroxylation is 1. The molecule has 20 heavy (non-hydrogen) atoms. The Balaban J connectivity index is 1.80. The molecule has 0 spiro atoms. The molecular formula is C18H17NO. The van der Waals surface area contributed by atoms with Crippen LogP contribution in [0.25, 0.3) is 10.9 Å². The summed E-state index contributed by atoms with van der Waals surface area (Å²) in [4.78, 5) is 4.33. The van der Waals surface area contributed by atoms with E-state index in [1.807, 2.05) is 48.5 Å². The van der Waals surface area contributed by atoms with E-state index in [0.29, 0.717) is 0 Å². The number of hydrogen-bond acceptors (Lipinski definition) is 2. The molecule has 1 unspecified atom stereocenters. The van der Waals surface area contributed by atoms with E-state index in [4.69, 9.17) is 0 Å². The van der Waals surface area contributed by atoms with Crippen LogP contribution in [-0.2, 0) is 6.42 Å². The van der Waals surface area contributed by atoms with Gasteiger partial charge in [0.1, 0.15) is 0 Å². The third-order valence-corrected chi connectivity index (χ3v) is 3.59. The zero-order valence-corrected chi connectivity index (χ0v) is 11.2. The van der Waals surface area contributed by atoms with Crippen molar-refractivity contribution in [3.8, 4) is 0 Å². The minimum Gasteiger partial charge on any atom is -0.388 e. The summed E-state index contributed by atoms with van der Waals surface area (Å²) in [5.41, 5.74) is 3.15. The summed E-state index contributed by atoms with van der Waals surface area (Å²) >= 11 is 0. The zero-order valence-electron chi connectivity index (χ0n) is 11.2. The van der Waals surface area contributed by atoms with E-state index in [0.717, 1.165) is 29.3 Å². The first-order chi connectivity index (χ1) is 9.84. The van der Waals surface area contributed by atoms with Crippen LogP contribution in [-0.4, -0.2) is 10.1 Å². The van der Waals surface area contributed by atoms with Crippen molar-refractivity contribution in [2.24, 2.45) is 0 Å². The van der Waals surface area contributed by atoms with Gasteiger partial charge in [0.05, 0.1) is 11.6 Å². The van der Waals surface area contributed by atoms with Crippen LogP contribution in [0.1, 0.15) is 23.7 Å². The van der Waals surface area contributed by atoms with E-state index in [9.17, 15) is 5.11 Å². The van der Waals surface area contributed by atoms with E-state index in [2.05, 4.69) is 17.1 Å². The van der Waals surface area contributed by atoms with Gasteiger partial charge in [-0.2, -0.15) is 0 Å². The van der Waals surface area contributed by atoms with E-state index in [-0.39, 0.29) is 0 Å². The molecule has 3 aromatic rings. The Morgan fingerprint density at radius 3 is 2.50 bits per heavy atom. The van der Waals surface area contributed by atoms with Crippen LogP contribution in [0, 0.1) is 0 Å². The second-order valence-electron chi connectivity index (χ2n) is 4.96. The fourth-order valence-electron chi connectivity index (χ4n) is 2.51. The lowest BCUT2D eigenvalue weighted by atomic mass is 9.98. The van der Waals surface area contributed by atoms with Gasteiger partial charge in [0.15, 0.2) is 0 Å². The number of pyridine rings is 1. The summed E-state index contributed by atoms with van der Waals surface area (Å²) in [5, 5.41) is 11.5. The van der Waals surface area contributed by atoms with Crippen molar-refractivity contribution < 1.29 is 5.11 Å². The van der Waals surface area contributed by atoms with Crippen molar-refractivity contribution in [2.75, 3.05) is 0 Å². The summed E-state index contributed by atoms with van der Waals surface area (Å²) in [5.74, 6) is 0. The highest BCUT2D eigenvalue weighted by molar-refractivity contribution is 5.82. The second kappa shape index (κ2) is 5.85. The highest BCUT2D eigenvalue weighted by Crippen LogP contribution is 2.25. The SMILES string of the molecule is OC(CCc1ccccc1)c1ccnc2ccccc12. The molecule has 0 aliphatic heterocycles. The molecule has 2 nitrogen and oxygen atoms in total. The van der Waals surface area contributed by atoms with Gasteiger partial charge in [0.2, 0.25) is 0 Å². The lowest BCUT2D eigenvalue weighted by Gasteiger charge is -2.13. The number of benzene rings is 2.